The fourth-order valence-electron chi connectivity index (χ4n) is 4.39. The maximum Gasteiger partial charge on any atom is 0.490 e. The van der Waals surface area contributed by atoms with Crippen molar-refractivity contribution in [2.24, 2.45) is 5.41 Å². The van der Waals surface area contributed by atoms with Crippen LogP contribution in [-0.4, -0.2) is 72.1 Å². The molecule has 4 aliphatic heterocycles. The summed E-state index contributed by atoms with van der Waals surface area (Å²) in [5.41, 5.74) is 3.16. The van der Waals surface area contributed by atoms with Crippen LogP contribution >= 0.6 is 0 Å². The number of aliphatic carboxylic acids is 1. The zero-order chi connectivity index (χ0) is 23.3. The van der Waals surface area contributed by atoms with Gasteiger partial charge in [0.1, 0.15) is 6.04 Å². The summed E-state index contributed by atoms with van der Waals surface area (Å²) in [7, 11) is 0. The van der Waals surface area contributed by atoms with Crippen molar-refractivity contribution in [1.82, 2.24) is 15.5 Å². The first-order valence-electron chi connectivity index (χ1n) is 10.0. The Balaban J connectivity index is 0.000000307. The maximum absolute atomic E-state index is 12.8. The van der Waals surface area contributed by atoms with Gasteiger partial charge in [-0.3, -0.25) is 19.7 Å². The number of nitrogens with one attached hydrogen (secondary N) is 2. The molecule has 3 amide bonds. The van der Waals surface area contributed by atoms with E-state index in [1.165, 1.54) is 0 Å². The van der Waals surface area contributed by atoms with Gasteiger partial charge in [0.05, 0.1) is 0 Å². The van der Waals surface area contributed by atoms with Gasteiger partial charge in [0.2, 0.25) is 11.8 Å². The molecule has 4 aliphatic rings. The summed E-state index contributed by atoms with van der Waals surface area (Å²) >= 11 is 0. The molecule has 5 rings (SSSR count). The third-order valence-corrected chi connectivity index (χ3v) is 6.17. The number of fused-ring (bicyclic) bond motifs is 1. The summed E-state index contributed by atoms with van der Waals surface area (Å²) in [6.07, 6.45) is -4.40. The van der Waals surface area contributed by atoms with Gasteiger partial charge in [-0.15, -0.1) is 0 Å². The van der Waals surface area contributed by atoms with Crippen LogP contribution in [0.2, 0.25) is 0 Å². The smallest absolute Gasteiger partial charge is 0.475 e. The zero-order valence-corrected chi connectivity index (χ0v) is 16.9. The molecule has 3 saturated heterocycles. The van der Waals surface area contributed by atoms with Crippen molar-refractivity contribution in [2.45, 2.75) is 31.6 Å². The van der Waals surface area contributed by atoms with Crippen LogP contribution in [0.5, 0.6) is 0 Å². The minimum absolute atomic E-state index is 0.105. The number of halogens is 3. The van der Waals surface area contributed by atoms with Crippen LogP contribution in [0.1, 0.15) is 28.8 Å². The van der Waals surface area contributed by atoms with Crippen LogP contribution in [0, 0.1) is 5.41 Å². The highest BCUT2D eigenvalue weighted by atomic mass is 19.4. The second kappa shape index (κ2) is 7.76. The van der Waals surface area contributed by atoms with Gasteiger partial charge in [-0.25, -0.2) is 4.79 Å². The molecular weight excluding hydrogens is 433 g/mol. The summed E-state index contributed by atoms with van der Waals surface area (Å²) in [5.74, 6) is -3.48. The number of alkyl halides is 3. The third kappa shape index (κ3) is 4.01. The van der Waals surface area contributed by atoms with E-state index < -0.39 is 18.2 Å². The number of hydrogen-bond donors (Lipinski definition) is 3. The Morgan fingerprint density at radius 2 is 1.81 bits per heavy atom. The molecule has 1 atom stereocenters. The average molecular weight is 454 g/mol. The summed E-state index contributed by atoms with van der Waals surface area (Å²) < 4.78 is 31.7. The van der Waals surface area contributed by atoms with E-state index in [-0.39, 0.29) is 24.1 Å². The quantitative estimate of drug-likeness (QED) is 0.557. The number of benzene rings is 1. The summed E-state index contributed by atoms with van der Waals surface area (Å²) in [4.78, 5) is 49.1. The van der Waals surface area contributed by atoms with E-state index in [1.807, 2.05) is 12.1 Å². The summed E-state index contributed by atoms with van der Waals surface area (Å²) in [6.45, 7) is 4.66. The van der Waals surface area contributed by atoms with E-state index in [9.17, 15) is 27.6 Å². The number of carboxylic acids is 1. The van der Waals surface area contributed by atoms with Gasteiger partial charge in [-0.05, 0) is 24.1 Å². The van der Waals surface area contributed by atoms with Gasteiger partial charge in [0.15, 0.2) is 0 Å². The molecule has 32 heavy (non-hydrogen) atoms. The number of carbonyl (C=O) groups is 4. The molecule has 0 saturated carbocycles. The van der Waals surface area contributed by atoms with Crippen molar-refractivity contribution < 1.29 is 37.5 Å². The number of imide groups is 1. The Morgan fingerprint density at radius 3 is 2.34 bits per heavy atom. The molecule has 0 aromatic heterocycles. The van der Waals surface area contributed by atoms with E-state index in [1.54, 1.807) is 4.90 Å². The third-order valence-electron chi connectivity index (χ3n) is 6.17. The van der Waals surface area contributed by atoms with Gasteiger partial charge < -0.3 is 20.2 Å². The molecule has 0 bridgehead atoms. The topological polar surface area (TPSA) is 119 Å². The Labute approximate surface area is 180 Å². The summed E-state index contributed by atoms with van der Waals surface area (Å²) in [5, 5.41) is 12.8. The van der Waals surface area contributed by atoms with Crippen molar-refractivity contribution in [2.75, 3.05) is 31.1 Å². The number of carboxylic acid groups (broad SMARTS) is 1. The van der Waals surface area contributed by atoms with Crippen LogP contribution in [0.25, 0.3) is 0 Å². The second-order valence-electron chi connectivity index (χ2n) is 8.50. The lowest BCUT2D eigenvalue weighted by atomic mass is 9.74. The van der Waals surface area contributed by atoms with Crippen LogP contribution in [-0.2, 0) is 20.9 Å². The highest BCUT2D eigenvalue weighted by Gasteiger charge is 2.48. The standard InChI is InChI=1S/C18H20N4O3.C2HF3O2/c23-15-4-3-14(16(24)20-15)22-6-11-1-2-12(5-13(11)17(22)25)21-9-18(10-21)7-19-8-18;3-2(4,5)1(6)7/h1-2,5,14,19H,3-4,6-10H2,(H,20,23,24);(H,6,7)/t14-;/m1./s1. The lowest BCUT2D eigenvalue weighted by Gasteiger charge is -2.57. The number of rotatable bonds is 2. The van der Waals surface area contributed by atoms with Crippen LogP contribution in [0.3, 0.4) is 0 Å². The largest absolute Gasteiger partial charge is 0.490 e. The highest BCUT2D eigenvalue weighted by Crippen LogP contribution is 2.39. The minimum Gasteiger partial charge on any atom is -0.475 e. The fourth-order valence-corrected chi connectivity index (χ4v) is 4.39. The van der Waals surface area contributed by atoms with Crippen LogP contribution in [0.4, 0.5) is 18.9 Å². The predicted octanol–water partition coefficient (Wildman–Crippen LogP) is 0.490. The van der Waals surface area contributed by atoms with Crippen molar-refractivity contribution >= 4 is 29.4 Å². The van der Waals surface area contributed by atoms with Crippen molar-refractivity contribution in [3.05, 3.63) is 29.3 Å². The Bertz CT molecular complexity index is 984. The Kier molecular flexibility index (Phi) is 5.35. The first-order valence-corrected chi connectivity index (χ1v) is 10.0. The SMILES string of the molecule is O=C(O)C(F)(F)F.O=C1CC[C@@H](N2Cc3ccc(N4CC5(CNC5)C4)cc3C2=O)C(=O)N1. The number of amides is 3. The summed E-state index contributed by atoms with van der Waals surface area (Å²) in [6, 6.07) is 5.48. The molecule has 172 valence electrons. The molecular formula is C20H21F3N4O5. The lowest BCUT2D eigenvalue weighted by molar-refractivity contribution is -0.192. The molecule has 12 heteroatoms. The number of nitrogens with zero attached hydrogens (tertiary/aromatic N) is 2. The minimum atomic E-state index is -5.08. The van der Waals surface area contributed by atoms with Crippen LogP contribution < -0.4 is 15.5 Å². The van der Waals surface area contributed by atoms with Gasteiger partial charge in [0.25, 0.3) is 5.91 Å². The van der Waals surface area contributed by atoms with Crippen molar-refractivity contribution in [1.29, 1.82) is 0 Å². The maximum atomic E-state index is 12.8. The van der Waals surface area contributed by atoms with Crippen LogP contribution in [0.15, 0.2) is 18.2 Å². The number of piperidine rings is 1. The highest BCUT2D eigenvalue weighted by molar-refractivity contribution is 6.05. The first kappa shape index (κ1) is 22.1. The molecule has 9 nitrogen and oxygen atoms in total. The van der Waals surface area contributed by atoms with E-state index in [0.717, 1.165) is 37.4 Å². The van der Waals surface area contributed by atoms with Crippen molar-refractivity contribution in [3.63, 3.8) is 0 Å². The molecule has 4 heterocycles. The monoisotopic (exact) mass is 454 g/mol. The van der Waals surface area contributed by atoms with Gasteiger partial charge >= 0.3 is 12.1 Å². The van der Waals surface area contributed by atoms with Crippen molar-refractivity contribution in [3.8, 4) is 0 Å². The molecule has 3 fully saturated rings. The van der Waals surface area contributed by atoms with E-state index >= 15 is 0 Å². The molecule has 1 spiro atoms. The second-order valence-corrected chi connectivity index (χ2v) is 8.50. The fraction of sp³-hybridized carbons (Fsp3) is 0.500. The normalized spacial score (nSPS) is 23.6. The average Bonchev–Trinajstić information content (AvgIpc) is 2.95. The number of hydrogen-bond acceptors (Lipinski definition) is 6. The molecule has 1 aromatic carbocycles. The molecule has 0 unspecified atom stereocenters. The van der Waals surface area contributed by atoms with Gasteiger partial charge in [-0.1, -0.05) is 6.07 Å². The molecule has 0 aliphatic carbocycles. The predicted molar refractivity (Wildman–Crippen MR) is 104 cm³/mol. The number of anilines is 1. The van der Waals surface area contributed by atoms with E-state index in [4.69, 9.17) is 9.90 Å². The molecule has 1 aromatic rings. The van der Waals surface area contributed by atoms with Gasteiger partial charge in [0, 0.05) is 55.8 Å². The molecule has 3 N–H and O–H groups in total. The molecule has 0 radical (unpaired) electrons. The zero-order valence-electron chi connectivity index (χ0n) is 16.9. The first-order chi connectivity index (χ1) is 15.0. The van der Waals surface area contributed by atoms with E-state index in [0.29, 0.717) is 23.9 Å². The van der Waals surface area contributed by atoms with Gasteiger partial charge in [-0.2, -0.15) is 13.2 Å². The number of carbonyl (C=O) groups excluding carboxylic acids is 3. The Morgan fingerprint density at radius 1 is 1.16 bits per heavy atom. The Hall–Kier alpha value is -3.15. The lowest BCUT2D eigenvalue weighted by Crippen LogP contribution is -2.71. The van der Waals surface area contributed by atoms with E-state index in [2.05, 4.69) is 21.6 Å².